The second kappa shape index (κ2) is 8.95. The van der Waals surface area contributed by atoms with Crippen LogP contribution in [0.4, 0.5) is 8.78 Å². The standard InChI is InChI=1S/C20H18F2O6S/c1-3-28-20(25)16(11-18(23)24)19(15-9-6-13(21)10-17(15)22)12-4-7-14(8-5-12)29(2,26)27/h4-10H,3,11H2,1-2H3,(H,23,24)/b19-16+. The molecule has 0 bridgehead atoms. The van der Waals surface area contributed by atoms with E-state index in [1.165, 1.54) is 31.2 Å². The van der Waals surface area contributed by atoms with Gasteiger partial charge in [0.1, 0.15) is 11.6 Å². The molecule has 0 aromatic heterocycles. The van der Waals surface area contributed by atoms with Crippen molar-refractivity contribution < 1.29 is 36.6 Å². The van der Waals surface area contributed by atoms with Gasteiger partial charge in [-0.25, -0.2) is 22.0 Å². The fourth-order valence-electron chi connectivity index (χ4n) is 2.69. The number of sulfone groups is 1. The molecule has 0 saturated carbocycles. The third kappa shape index (κ3) is 5.47. The smallest absolute Gasteiger partial charge is 0.335 e. The number of ether oxygens (including phenoxy) is 1. The molecule has 0 heterocycles. The number of benzene rings is 2. The predicted octanol–water partition coefficient (Wildman–Crippen LogP) is 3.21. The van der Waals surface area contributed by atoms with Gasteiger partial charge in [0.25, 0.3) is 0 Å². The van der Waals surface area contributed by atoms with Crippen molar-refractivity contribution in [3.05, 3.63) is 70.8 Å². The number of aliphatic carboxylic acids is 1. The molecule has 9 heteroatoms. The summed E-state index contributed by atoms with van der Waals surface area (Å²) in [5, 5.41) is 9.23. The number of rotatable bonds is 7. The van der Waals surface area contributed by atoms with Crippen molar-refractivity contribution in [2.45, 2.75) is 18.2 Å². The Balaban J connectivity index is 2.82. The minimum atomic E-state index is -3.51. The third-order valence-corrected chi connectivity index (χ3v) is 5.05. The van der Waals surface area contributed by atoms with Gasteiger partial charge >= 0.3 is 11.9 Å². The first kappa shape index (κ1) is 22.2. The van der Waals surface area contributed by atoms with Gasteiger partial charge in [0.15, 0.2) is 9.84 Å². The van der Waals surface area contributed by atoms with E-state index in [9.17, 15) is 31.9 Å². The average Bonchev–Trinajstić information content (AvgIpc) is 2.62. The van der Waals surface area contributed by atoms with Crippen LogP contribution in [0.2, 0.25) is 0 Å². The van der Waals surface area contributed by atoms with Crippen LogP contribution in [0.15, 0.2) is 52.9 Å². The van der Waals surface area contributed by atoms with Crippen LogP contribution in [0.5, 0.6) is 0 Å². The highest BCUT2D eigenvalue weighted by atomic mass is 32.2. The topological polar surface area (TPSA) is 97.7 Å². The van der Waals surface area contributed by atoms with E-state index in [2.05, 4.69) is 0 Å². The number of carboxylic acid groups (broad SMARTS) is 1. The molecule has 0 spiro atoms. The van der Waals surface area contributed by atoms with Gasteiger partial charge in [-0.1, -0.05) is 12.1 Å². The van der Waals surface area contributed by atoms with E-state index in [0.29, 0.717) is 6.07 Å². The van der Waals surface area contributed by atoms with E-state index < -0.39 is 39.8 Å². The summed E-state index contributed by atoms with van der Waals surface area (Å²) in [5.41, 5.74) is -0.518. The fraction of sp³-hybridized carbons (Fsp3) is 0.200. The largest absolute Gasteiger partial charge is 0.481 e. The van der Waals surface area contributed by atoms with Crippen LogP contribution < -0.4 is 0 Å². The summed E-state index contributed by atoms with van der Waals surface area (Å²) in [6.07, 6.45) is 0.228. The summed E-state index contributed by atoms with van der Waals surface area (Å²) >= 11 is 0. The lowest BCUT2D eigenvalue weighted by atomic mass is 9.91. The highest BCUT2D eigenvalue weighted by Gasteiger charge is 2.24. The van der Waals surface area contributed by atoms with Crippen LogP contribution in [-0.2, 0) is 24.2 Å². The quantitative estimate of drug-likeness (QED) is 0.542. The van der Waals surface area contributed by atoms with Crippen molar-refractivity contribution in [3.8, 4) is 0 Å². The molecule has 0 saturated heterocycles. The van der Waals surface area contributed by atoms with Crippen molar-refractivity contribution in [1.29, 1.82) is 0 Å². The van der Waals surface area contributed by atoms with E-state index in [1.807, 2.05) is 0 Å². The number of carboxylic acids is 1. The van der Waals surface area contributed by atoms with Crippen LogP contribution >= 0.6 is 0 Å². The molecular weight excluding hydrogens is 406 g/mol. The number of hydrogen-bond donors (Lipinski definition) is 1. The normalized spacial score (nSPS) is 12.3. The predicted molar refractivity (Wildman–Crippen MR) is 101 cm³/mol. The maximum atomic E-state index is 14.5. The van der Waals surface area contributed by atoms with Crippen molar-refractivity contribution >= 4 is 27.3 Å². The van der Waals surface area contributed by atoms with Crippen LogP contribution in [0.25, 0.3) is 5.57 Å². The molecule has 0 fully saturated rings. The van der Waals surface area contributed by atoms with Crippen molar-refractivity contribution in [3.63, 3.8) is 0 Å². The molecule has 0 amide bonds. The maximum absolute atomic E-state index is 14.5. The molecule has 0 aliphatic carbocycles. The van der Waals surface area contributed by atoms with Gasteiger partial charge in [0.05, 0.1) is 23.5 Å². The lowest BCUT2D eigenvalue weighted by Crippen LogP contribution is -2.15. The van der Waals surface area contributed by atoms with E-state index in [-0.39, 0.29) is 33.8 Å². The summed E-state index contributed by atoms with van der Waals surface area (Å²) in [7, 11) is -3.51. The number of carbonyl (C=O) groups is 2. The van der Waals surface area contributed by atoms with E-state index >= 15 is 0 Å². The SMILES string of the molecule is CCOC(=O)/C(CC(=O)O)=C(\c1ccc(S(C)(=O)=O)cc1)c1ccc(F)cc1F. The zero-order chi connectivity index (χ0) is 21.8. The van der Waals surface area contributed by atoms with Gasteiger partial charge in [-0.2, -0.15) is 0 Å². The van der Waals surface area contributed by atoms with Crippen LogP contribution in [0.1, 0.15) is 24.5 Å². The van der Waals surface area contributed by atoms with Crippen LogP contribution in [0, 0.1) is 11.6 Å². The van der Waals surface area contributed by atoms with Gasteiger partial charge in [-0.15, -0.1) is 0 Å². The van der Waals surface area contributed by atoms with E-state index in [0.717, 1.165) is 18.4 Å². The average molecular weight is 424 g/mol. The first-order chi connectivity index (χ1) is 13.5. The molecule has 0 radical (unpaired) electrons. The van der Waals surface area contributed by atoms with E-state index in [1.54, 1.807) is 0 Å². The highest BCUT2D eigenvalue weighted by molar-refractivity contribution is 7.90. The molecule has 1 N–H and O–H groups in total. The lowest BCUT2D eigenvalue weighted by Gasteiger charge is -2.16. The molecule has 0 aliphatic heterocycles. The zero-order valence-electron chi connectivity index (χ0n) is 15.6. The summed E-state index contributed by atoms with van der Waals surface area (Å²) in [4.78, 5) is 23.8. The van der Waals surface area contributed by atoms with Crippen molar-refractivity contribution in [2.75, 3.05) is 12.9 Å². The second-order valence-corrected chi connectivity index (χ2v) is 8.08. The first-order valence-corrected chi connectivity index (χ1v) is 10.3. The summed E-state index contributed by atoms with van der Waals surface area (Å²) < 4.78 is 56.2. The molecule has 154 valence electrons. The second-order valence-electron chi connectivity index (χ2n) is 6.07. The molecule has 0 aliphatic rings. The molecular formula is C20H18F2O6S. The van der Waals surface area contributed by atoms with Gasteiger partial charge in [0, 0.05) is 23.5 Å². The minimum absolute atomic E-state index is 0.0175. The minimum Gasteiger partial charge on any atom is -0.481 e. The van der Waals surface area contributed by atoms with Crippen molar-refractivity contribution in [2.24, 2.45) is 0 Å². The number of hydrogen-bond acceptors (Lipinski definition) is 5. The number of esters is 1. The van der Waals surface area contributed by atoms with Crippen LogP contribution in [-0.4, -0.2) is 38.3 Å². The zero-order valence-corrected chi connectivity index (χ0v) is 16.4. The molecule has 2 aromatic carbocycles. The Hall–Kier alpha value is -3.07. The molecule has 0 atom stereocenters. The summed E-state index contributed by atoms with van der Waals surface area (Å²) in [6.45, 7) is 1.48. The summed E-state index contributed by atoms with van der Waals surface area (Å²) in [5.74, 6) is -4.20. The third-order valence-electron chi connectivity index (χ3n) is 3.92. The molecule has 2 aromatic rings. The Morgan fingerprint density at radius 2 is 1.69 bits per heavy atom. The molecule has 0 unspecified atom stereocenters. The molecule has 2 rings (SSSR count). The Kier molecular flexibility index (Phi) is 6.86. The van der Waals surface area contributed by atoms with Crippen LogP contribution in [0.3, 0.4) is 0 Å². The lowest BCUT2D eigenvalue weighted by molar-refractivity contribution is -0.142. The van der Waals surface area contributed by atoms with Gasteiger partial charge < -0.3 is 9.84 Å². The Labute approximate surface area is 166 Å². The van der Waals surface area contributed by atoms with Gasteiger partial charge in [-0.3, -0.25) is 4.79 Å². The maximum Gasteiger partial charge on any atom is 0.335 e. The molecule has 29 heavy (non-hydrogen) atoms. The Morgan fingerprint density at radius 3 is 2.17 bits per heavy atom. The van der Waals surface area contributed by atoms with E-state index in [4.69, 9.17) is 4.74 Å². The number of carbonyl (C=O) groups excluding carboxylic acids is 1. The van der Waals surface area contributed by atoms with Gasteiger partial charge in [-0.05, 0) is 36.8 Å². The Bertz CT molecular complexity index is 1070. The molecule has 6 nitrogen and oxygen atoms in total. The summed E-state index contributed by atoms with van der Waals surface area (Å²) in [6, 6.07) is 7.76. The Morgan fingerprint density at radius 1 is 1.07 bits per heavy atom. The monoisotopic (exact) mass is 424 g/mol. The first-order valence-electron chi connectivity index (χ1n) is 8.42. The highest BCUT2D eigenvalue weighted by Crippen LogP contribution is 2.32. The number of halogens is 2. The van der Waals surface area contributed by atoms with Gasteiger partial charge in [0.2, 0.25) is 0 Å². The fourth-order valence-corrected chi connectivity index (χ4v) is 3.32. The van der Waals surface area contributed by atoms with Crippen molar-refractivity contribution in [1.82, 2.24) is 0 Å².